The van der Waals surface area contributed by atoms with Gasteiger partial charge in [-0.25, -0.2) is 12.8 Å². The van der Waals surface area contributed by atoms with Gasteiger partial charge in [0.1, 0.15) is 10.7 Å². The summed E-state index contributed by atoms with van der Waals surface area (Å²) in [4.78, 5) is -0.373. The second-order valence-electron chi connectivity index (χ2n) is 4.06. The van der Waals surface area contributed by atoms with Gasteiger partial charge < -0.3 is 0 Å². The summed E-state index contributed by atoms with van der Waals surface area (Å²) in [5.74, 6) is -1.26. The van der Waals surface area contributed by atoms with Gasteiger partial charge in [-0.2, -0.15) is 9.57 Å². The van der Waals surface area contributed by atoms with Gasteiger partial charge in [-0.15, -0.1) is 0 Å². The number of nitrogens with zero attached hydrogens (tertiary/aromatic N) is 2. The Morgan fingerprint density at radius 1 is 1.53 bits per heavy atom. The molecule has 0 bridgehead atoms. The highest BCUT2D eigenvalue weighted by Gasteiger charge is 2.27. The number of hydrogen-bond acceptors (Lipinski definition) is 3. The number of sulfonamides is 1. The van der Waals surface area contributed by atoms with Crippen LogP contribution in [0, 0.1) is 23.1 Å². The Kier molecular flexibility index (Phi) is 5.47. The fourth-order valence-corrected chi connectivity index (χ4v) is 3.48. The summed E-state index contributed by atoms with van der Waals surface area (Å²) >= 11 is 3.08. The molecule has 0 radical (unpaired) electrons. The zero-order valence-corrected chi connectivity index (χ0v) is 13.0. The molecule has 0 aliphatic heterocycles. The molecule has 104 valence electrons. The van der Waals surface area contributed by atoms with Crippen LogP contribution < -0.4 is 0 Å². The first kappa shape index (κ1) is 16.1. The van der Waals surface area contributed by atoms with Gasteiger partial charge in [0.15, 0.2) is 0 Å². The summed E-state index contributed by atoms with van der Waals surface area (Å²) in [6.07, 6.45) is 0. The zero-order chi connectivity index (χ0) is 14.6. The van der Waals surface area contributed by atoms with Gasteiger partial charge in [-0.3, -0.25) is 0 Å². The lowest BCUT2D eigenvalue weighted by atomic mass is 10.2. The van der Waals surface area contributed by atoms with E-state index in [9.17, 15) is 12.8 Å². The summed E-state index contributed by atoms with van der Waals surface area (Å²) in [7, 11) is -3.92. The normalized spacial score (nSPS) is 13.3. The summed E-state index contributed by atoms with van der Waals surface area (Å²) in [6.45, 7) is 3.50. The Morgan fingerprint density at radius 2 is 2.16 bits per heavy atom. The van der Waals surface area contributed by atoms with Crippen LogP contribution in [0.5, 0.6) is 0 Å². The first-order valence-corrected chi connectivity index (χ1v) is 7.91. The van der Waals surface area contributed by atoms with E-state index in [1.54, 1.807) is 13.8 Å². The van der Waals surface area contributed by atoms with Crippen molar-refractivity contribution in [2.24, 2.45) is 5.92 Å². The smallest absolute Gasteiger partial charge is 0.207 e. The van der Waals surface area contributed by atoms with Crippen LogP contribution in [0.2, 0.25) is 0 Å². The first-order valence-electron chi connectivity index (χ1n) is 5.67. The Bertz CT molecular complexity index is 598. The highest BCUT2D eigenvalue weighted by Crippen LogP contribution is 2.23. The molecule has 0 spiro atoms. The standard InChI is InChI=1S/C12H14BrFN2O2S/c1-3-16(8-9(2)7-15)19(17,18)12-5-4-10(13)6-11(12)14/h4-6,9H,3,8H2,1-2H3/t9-/m0/s1. The molecule has 1 aromatic carbocycles. The number of benzene rings is 1. The van der Waals surface area contributed by atoms with Gasteiger partial charge in [0.2, 0.25) is 10.0 Å². The van der Waals surface area contributed by atoms with Gasteiger partial charge in [0.05, 0.1) is 12.0 Å². The molecule has 0 N–H and O–H groups in total. The van der Waals surface area contributed by atoms with Crippen molar-refractivity contribution in [1.82, 2.24) is 4.31 Å². The average Bonchev–Trinajstić information content (AvgIpc) is 2.34. The van der Waals surface area contributed by atoms with Crippen LogP contribution in [0.1, 0.15) is 13.8 Å². The minimum Gasteiger partial charge on any atom is -0.207 e. The predicted molar refractivity (Wildman–Crippen MR) is 73.3 cm³/mol. The molecule has 1 atom stereocenters. The summed E-state index contributed by atoms with van der Waals surface area (Å²) in [6, 6.07) is 5.76. The minimum atomic E-state index is -3.92. The van der Waals surface area contributed by atoms with Gasteiger partial charge in [-0.05, 0) is 25.1 Å². The number of hydrogen-bond donors (Lipinski definition) is 0. The van der Waals surface area contributed by atoms with Crippen molar-refractivity contribution in [2.45, 2.75) is 18.7 Å². The second kappa shape index (κ2) is 6.46. The van der Waals surface area contributed by atoms with E-state index in [4.69, 9.17) is 5.26 Å². The monoisotopic (exact) mass is 348 g/mol. The van der Waals surface area contributed by atoms with Crippen LogP contribution >= 0.6 is 15.9 Å². The number of rotatable bonds is 5. The van der Waals surface area contributed by atoms with Crippen LogP contribution in [-0.2, 0) is 10.0 Å². The molecule has 7 heteroatoms. The van der Waals surface area contributed by atoms with Gasteiger partial charge >= 0.3 is 0 Å². The molecule has 0 aliphatic rings. The van der Waals surface area contributed by atoms with Crippen LogP contribution in [0.3, 0.4) is 0 Å². The molecule has 19 heavy (non-hydrogen) atoms. The van der Waals surface area contributed by atoms with Crippen molar-refractivity contribution < 1.29 is 12.8 Å². The van der Waals surface area contributed by atoms with E-state index in [0.29, 0.717) is 4.47 Å². The lowest BCUT2D eigenvalue weighted by Crippen LogP contribution is -2.34. The zero-order valence-electron chi connectivity index (χ0n) is 10.6. The molecule has 0 aliphatic carbocycles. The van der Waals surface area contributed by atoms with Crippen LogP contribution in [0.15, 0.2) is 27.6 Å². The molecule has 0 aromatic heterocycles. The Balaban J connectivity index is 3.18. The SMILES string of the molecule is CCN(C[C@@H](C)C#N)S(=O)(=O)c1ccc(Br)cc1F. The molecule has 0 amide bonds. The van der Waals surface area contributed by atoms with Crippen molar-refractivity contribution in [3.05, 3.63) is 28.5 Å². The maximum absolute atomic E-state index is 13.8. The van der Waals surface area contributed by atoms with Crippen LogP contribution in [0.4, 0.5) is 4.39 Å². The van der Waals surface area contributed by atoms with E-state index in [0.717, 1.165) is 10.4 Å². The average molecular weight is 349 g/mol. The topological polar surface area (TPSA) is 61.2 Å². The predicted octanol–water partition coefficient (Wildman–Crippen LogP) is 2.76. The first-order chi connectivity index (χ1) is 8.82. The number of halogens is 2. The largest absolute Gasteiger partial charge is 0.246 e. The maximum Gasteiger partial charge on any atom is 0.246 e. The fourth-order valence-electron chi connectivity index (χ4n) is 1.57. The van der Waals surface area contributed by atoms with E-state index >= 15 is 0 Å². The third-order valence-corrected chi connectivity index (χ3v) is 5.03. The molecule has 0 saturated heterocycles. The molecular formula is C12H14BrFN2O2S. The van der Waals surface area contributed by atoms with Crippen molar-refractivity contribution >= 4 is 26.0 Å². The summed E-state index contributed by atoms with van der Waals surface area (Å²) < 4.78 is 40.0. The molecule has 4 nitrogen and oxygen atoms in total. The molecule has 1 rings (SSSR count). The van der Waals surface area contributed by atoms with Crippen molar-refractivity contribution in [3.63, 3.8) is 0 Å². The third kappa shape index (κ3) is 3.75. The van der Waals surface area contributed by atoms with E-state index in [2.05, 4.69) is 15.9 Å². The summed E-state index contributed by atoms with van der Waals surface area (Å²) in [5, 5.41) is 8.75. The van der Waals surface area contributed by atoms with Crippen LogP contribution in [-0.4, -0.2) is 25.8 Å². The summed E-state index contributed by atoms with van der Waals surface area (Å²) in [5.41, 5.74) is 0. The molecule has 0 heterocycles. The number of nitriles is 1. The third-order valence-electron chi connectivity index (χ3n) is 2.56. The quantitative estimate of drug-likeness (QED) is 0.821. The molecule has 1 aromatic rings. The molecule has 0 fully saturated rings. The molecular weight excluding hydrogens is 335 g/mol. The van der Waals surface area contributed by atoms with E-state index in [-0.39, 0.29) is 18.0 Å². The Morgan fingerprint density at radius 3 is 2.63 bits per heavy atom. The Labute approximate surface area is 121 Å². The van der Waals surface area contributed by atoms with Crippen molar-refractivity contribution in [1.29, 1.82) is 5.26 Å². The second-order valence-corrected chi connectivity index (χ2v) is 6.88. The van der Waals surface area contributed by atoms with Gasteiger partial charge in [-0.1, -0.05) is 22.9 Å². The lowest BCUT2D eigenvalue weighted by Gasteiger charge is -2.21. The molecule has 0 saturated carbocycles. The van der Waals surface area contributed by atoms with E-state index in [1.165, 1.54) is 12.1 Å². The highest BCUT2D eigenvalue weighted by atomic mass is 79.9. The van der Waals surface area contributed by atoms with Gasteiger partial charge in [0, 0.05) is 17.6 Å². The van der Waals surface area contributed by atoms with E-state index < -0.39 is 21.8 Å². The van der Waals surface area contributed by atoms with Gasteiger partial charge in [0.25, 0.3) is 0 Å². The lowest BCUT2D eigenvalue weighted by molar-refractivity contribution is 0.397. The van der Waals surface area contributed by atoms with E-state index in [1.807, 2.05) is 6.07 Å². The Hall–Kier alpha value is -0.970. The minimum absolute atomic E-state index is 0.0465. The maximum atomic E-state index is 13.8. The fraction of sp³-hybridized carbons (Fsp3) is 0.417. The highest BCUT2D eigenvalue weighted by molar-refractivity contribution is 9.10. The molecule has 0 unspecified atom stereocenters. The van der Waals surface area contributed by atoms with Crippen LogP contribution in [0.25, 0.3) is 0 Å². The van der Waals surface area contributed by atoms with Crippen molar-refractivity contribution in [2.75, 3.05) is 13.1 Å². The van der Waals surface area contributed by atoms with Crippen molar-refractivity contribution in [3.8, 4) is 6.07 Å².